The van der Waals surface area contributed by atoms with Crippen LogP contribution in [-0.4, -0.2) is 20.1 Å². The summed E-state index contributed by atoms with van der Waals surface area (Å²) >= 11 is 8.74. The summed E-state index contributed by atoms with van der Waals surface area (Å²) in [5.41, 5.74) is 4.31. The molecule has 3 aromatic rings. The molecule has 0 fully saturated rings. The first-order valence-corrected chi connectivity index (χ1v) is 12.6. The molecule has 0 saturated heterocycles. The minimum atomic E-state index is -3.84. The van der Waals surface area contributed by atoms with Crippen molar-refractivity contribution in [2.45, 2.75) is 25.7 Å². The minimum absolute atomic E-state index is 0.0647. The quantitative estimate of drug-likeness (QED) is 0.319. The predicted molar refractivity (Wildman–Crippen MR) is 138 cm³/mol. The molecule has 32 heavy (non-hydrogen) atoms. The molecule has 0 aliphatic heterocycles. The Labute approximate surface area is 202 Å². The van der Waals surface area contributed by atoms with Crippen LogP contribution in [-0.2, 0) is 10.0 Å². The molecule has 0 bridgehead atoms. The molecule has 3 rings (SSSR count). The highest BCUT2D eigenvalue weighted by Gasteiger charge is 2.20. The number of hydrogen-bond acceptors (Lipinski definition) is 4. The second-order valence-electron chi connectivity index (χ2n) is 7.05. The van der Waals surface area contributed by atoms with Gasteiger partial charge in [0.25, 0.3) is 10.0 Å². The number of hydrogen-bond donors (Lipinski definition) is 3. The molecule has 0 heterocycles. The molecule has 0 aliphatic rings. The number of aryl methyl sites for hydroxylation is 2. The van der Waals surface area contributed by atoms with Gasteiger partial charge < -0.3 is 15.4 Å². The highest BCUT2D eigenvalue weighted by Crippen LogP contribution is 2.29. The van der Waals surface area contributed by atoms with Crippen LogP contribution in [0, 0.1) is 13.8 Å². The third-order valence-electron chi connectivity index (χ3n) is 4.61. The molecule has 0 amide bonds. The van der Waals surface area contributed by atoms with E-state index < -0.39 is 10.0 Å². The Kier molecular flexibility index (Phi) is 7.76. The number of nitrogens with one attached hydrogen (secondary N) is 3. The van der Waals surface area contributed by atoms with Crippen molar-refractivity contribution >= 4 is 60.3 Å². The van der Waals surface area contributed by atoms with E-state index in [4.69, 9.17) is 17.0 Å². The summed E-state index contributed by atoms with van der Waals surface area (Å²) in [6.07, 6.45) is 0. The Morgan fingerprint density at radius 1 is 0.969 bits per heavy atom. The molecular formula is C23H24BrN3O3S2. The normalized spacial score (nSPS) is 11.0. The summed E-state index contributed by atoms with van der Waals surface area (Å²) in [6, 6.07) is 17.7. The fraction of sp³-hybridized carbons (Fsp3) is 0.174. The van der Waals surface area contributed by atoms with Crippen LogP contribution in [0.3, 0.4) is 0 Å². The smallest absolute Gasteiger partial charge is 0.265 e. The van der Waals surface area contributed by atoms with Gasteiger partial charge in [-0.2, -0.15) is 0 Å². The minimum Gasteiger partial charge on any atom is -0.492 e. The zero-order valence-electron chi connectivity index (χ0n) is 17.9. The van der Waals surface area contributed by atoms with Gasteiger partial charge in [-0.1, -0.05) is 34.1 Å². The van der Waals surface area contributed by atoms with Crippen LogP contribution < -0.4 is 20.1 Å². The lowest BCUT2D eigenvalue weighted by Crippen LogP contribution is -2.20. The van der Waals surface area contributed by atoms with Crippen LogP contribution in [0.5, 0.6) is 5.75 Å². The topological polar surface area (TPSA) is 79.5 Å². The van der Waals surface area contributed by atoms with Crippen LogP contribution in [0.15, 0.2) is 70.0 Å². The van der Waals surface area contributed by atoms with E-state index in [1.807, 2.05) is 32.0 Å². The molecule has 0 atom stereocenters. The van der Waals surface area contributed by atoms with Gasteiger partial charge in [0.15, 0.2) is 5.11 Å². The van der Waals surface area contributed by atoms with Crippen molar-refractivity contribution in [2.75, 3.05) is 22.0 Å². The fourth-order valence-corrected chi connectivity index (χ4v) is 5.05. The van der Waals surface area contributed by atoms with Gasteiger partial charge in [-0.3, -0.25) is 4.72 Å². The second kappa shape index (κ2) is 10.3. The van der Waals surface area contributed by atoms with Gasteiger partial charge in [0.05, 0.1) is 6.61 Å². The summed E-state index contributed by atoms with van der Waals surface area (Å²) in [5, 5.41) is 6.78. The van der Waals surface area contributed by atoms with E-state index in [0.717, 1.165) is 22.5 Å². The van der Waals surface area contributed by atoms with Crippen molar-refractivity contribution in [3.8, 4) is 5.75 Å². The van der Waals surface area contributed by atoms with Gasteiger partial charge in [0, 0.05) is 21.5 Å². The molecule has 0 unspecified atom stereocenters. The van der Waals surface area contributed by atoms with Gasteiger partial charge >= 0.3 is 0 Å². The van der Waals surface area contributed by atoms with E-state index in [9.17, 15) is 8.42 Å². The first-order chi connectivity index (χ1) is 15.2. The van der Waals surface area contributed by atoms with Crippen LogP contribution in [0.1, 0.15) is 18.1 Å². The van der Waals surface area contributed by atoms with Crippen molar-refractivity contribution in [1.29, 1.82) is 0 Å². The number of rotatable bonds is 7. The van der Waals surface area contributed by atoms with Gasteiger partial charge in [0.2, 0.25) is 0 Å². The third kappa shape index (κ3) is 5.99. The number of anilines is 3. The molecule has 0 saturated carbocycles. The van der Waals surface area contributed by atoms with Crippen molar-refractivity contribution in [3.63, 3.8) is 0 Å². The lowest BCUT2D eigenvalue weighted by Gasteiger charge is -2.15. The molecule has 3 aromatic carbocycles. The largest absolute Gasteiger partial charge is 0.492 e. The molecule has 0 aliphatic carbocycles. The zero-order valence-corrected chi connectivity index (χ0v) is 21.1. The maximum absolute atomic E-state index is 12.9. The van der Waals surface area contributed by atoms with Gasteiger partial charge in [-0.15, -0.1) is 0 Å². The van der Waals surface area contributed by atoms with Crippen molar-refractivity contribution in [3.05, 3.63) is 76.3 Å². The summed E-state index contributed by atoms with van der Waals surface area (Å²) in [4.78, 5) is 0.0647. The maximum atomic E-state index is 12.9. The Hall–Kier alpha value is -2.62. The van der Waals surface area contributed by atoms with Crippen molar-refractivity contribution < 1.29 is 13.2 Å². The lowest BCUT2D eigenvalue weighted by molar-refractivity contribution is 0.331. The van der Waals surface area contributed by atoms with Crippen LogP contribution >= 0.6 is 28.1 Å². The molecule has 0 spiro atoms. The summed E-state index contributed by atoms with van der Waals surface area (Å²) in [7, 11) is -3.84. The molecule has 0 aromatic heterocycles. The average molecular weight is 535 g/mol. The predicted octanol–water partition coefficient (Wildman–Crippen LogP) is 6.07. The number of benzene rings is 3. The molecular weight excluding hydrogens is 510 g/mol. The molecule has 9 heteroatoms. The third-order valence-corrected chi connectivity index (χ3v) is 6.71. The van der Waals surface area contributed by atoms with Crippen LogP contribution in [0.2, 0.25) is 0 Å². The van der Waals surface area contributed by atoms with E-state index in [1.165, 1.54) is 6.07 Å². The standard InChI is InChI=1S/C23H24BrN3O3S2/c1-4-30-20-13-8-17(24)14-21(20)32(28,29)27-19-11-9-18(10-12-19)25-23(31)26-22-15(2)6-5-7-16(22)3/h5-14,27H,4H2,1-3H3,(H2,25,26,31). The fourth-order valence-electron chi connectivity index (χ4n) is 3.09. The number of halogens is 1. The average Bonchev–Trinajstić information content (AvgIpc) is 2.73. The summed E-state index contributed by atoms with van der Waals surface area (Å²) in [5.74, 6) is 0.296. The Morgan fingerprint density at radius 2 is 1.59 bits per heavy atom. The van der Waals surface area contributed by atoms with E-state index in [-0.39, 0.29) is 4.90 Å². The molecule has 3 N–H and O–H groups in total. The Balaban J connectivity index is 1.71. The van der Waals surface area contributed by atoms with Crippen molar-refractivity contribution in [2.24, 2.45) is 0 Å². The van der Waals surface area contributed by atoms with Gasteiger partial charge in [-0.25, -0.2) is 8.42 Å². The Morgan fingerprint density at radius 3 is 2.22 bits per heavy atom. The maximum Gasteiger partial charge on any atom is 0.265 e. The van der Waals surface area contributed by atoms with Gasteiger partial charge in [-0.05, 0) is 86.6 Å². The lowest BCUT2D eigenvalue weighted by atomic mass is 10.1. The highest BCUT2D eigenvalue weighted by atomic mass is 79.9. The van der Waals surface area contributed by atoms with Gasteiger partial charge in [0.1, 0.15) is 10.6 Å². The van der Waals surface area contributed by atoms with E-state index in [0.29, 0.717) is 27.6 Å². The second-order valence-corrected chi connectivity index (χ2v) is 10.0. The van der Waals surface area contributed by atoms with Crippen LogP contribution in [0.25, 0.3) is 0 Å². The number of para-hydroxylation sites is 1. The number of ether oxygens (including phenoxy) is 1. The monoisotopic (exact) mass is 533 g/mol. The first-order valence-electron chi connectivity index (χ1n) is 9.89. The summed E-state index contributed by atoms with van der Waals surface area (Å²) < 4.78 is 34.6. The number of thiocarbonyl (C=S) groups is 1. The van der Waals surface area contributed by atoms with E-state index in [1.54, 1.807) is 43.3 Å². The van der Waals surface area contributed by atoms with E-state index in [2.05, 4.69) is 31.3 Å². The highest BCUT2D eigenvalue weighted by molar-refractivity contribution is 9.10. The molecule has 168 valence electrons. The number of sulfonamides is 1. The zero-order chi connectivity index (χ0) is 23.3. The Bertz CT molecular complexity index is 1210. The SMILES string of the molecule is CCOc1ccc(Br)cc1S(=O)(=O)Nc1ccc(NC(=S)Nc2c(C)cccc2C)cc1. The molecule has 6 nitrogen and oxygen atoms in total. The summed E-state index contributed by atoms with van der Waals surface area (Å²) in [6.45, 7) is 6.19. The molecule has 0 radical (unpaired) electrons. The van der Waals surface area contributed by atoms with Crippen LogP contribution in [0.4, 0.5) is 17.1 Å². The first kappa shape index (κ1) is 24.0. The van der Waals surface area contributed by atoms with E-state index >= 15 is 0 Å². The van der Waals surface area contributed by atoms with Crippen molar-refractivity contribution in [1.82, 2.24) is 0 Å².